The van der Waals surface area contributed by atoms with Crippen LogP contribution in [0.1, 0.15) is 29.2 Å². The fourth-order valence-corrected chi connectivity index (χ4v) is 2.52. The Morgan fingerprint density at radius 2 is 2.00 bits per heavy atom. The number of carbonyl (C=O) groups is 1. The predicted molar refractivity (Wildman–Crippen MR) is 84.1 cm³/mol. The average Bonchev–Trinajstić information content (AvgIpc) is 3.10. The van der Waals surface area contributed by atoms with Gasteiger partial charge in [-0.2, -0.15) is 0 Å². The van der Waals surface area contributed by atoms with Gasteiger partial charge in [-0.15, -0.1) is 10.2 Å². The number of amides is 1. The number of hydrogen-bond donors (Lipinski definition) is 0. The standard InChI is InChI=1S/C16H13ClN4O3/c17-11-3-1-10(2-4-11)15-19-18-14(24-15)9-21(12-5-6-12)16(22)13-7-8-23-20-13/h1-4,7-8,12H,5-6,9H2. The van der Waals surface area contributed by atoms with Crippen molar-refractivity contribution in [2.45, 2.75) is 25.4 Å². The molecular formula is C16H13ClN4O3. The lowest BCUT2D eigenvalue weighted by Crippen LogP contribution is -2.33. The molecule has 1 aliphatic rings. The van der Waals surface area contributed by atoms with Crippen LogP contribution in [0.4, 0.5) is 0 Å². The number of halogens is 1. The van der Waals surface area contributed by atoms with Gasteiger partial charge in [-0.05, 0) is 37.1 Å². The predicted octanol–water partition coefficient (Wildman–Crippen LogP) is 3.18. The van der Waals surface area contributed by atoms with Crippen LogP contribution in [-0.2, 0) is 6.54 Å². The van der Waals surface area contributed by atoms with Gasteiger partial charge in [-0.1, -0.05) is 16.8 Å². The van der Waals surface area contributed by atoms with Crippen molar-refractivity contribution >= 4 is 17.5 Å². The number of benzene rings is 1. The van der Waals surface area contributed by atoms with Crippen molar-refractivity contribution < 1.29 is 13.7 Å². The summed E-state index contributed by atoms with van der Waals surface area (Å²) in [6.45, 7) is 0.247. The van der Waals surface area contributed by atoms with Crippen LogP contribution < -0.4 is 0 Å². The highest BCUT2D eigenvalue weighted by molar-refractivity contribution is 6.30. The number of carbonyl (C=O) groups excluding carboxylic acids is 1. The quantitative estimate of drug-likeness (QED) is 0.706. The summed E-state index contributed by atoms with van der Waals surface area (Å²) in [5, 5.41) is 12.4. The molecule has 0 unspecified atom stereocenters. The molecule has 0 bridgehead atoms. The van der Waals surface area contributed by atoms with E-state index in [0.717, 1.165) is 18.4 Å². The summed E-state index contributed by atoms with van der Waals surface area (Å²) in [6, 6.07) is 8.85. The SMILES string of the molecule is O=C(c1ccon1)N(Cc1nnc(-c2ccc(Cl)cc2)o1)C1CC1. The van der Waals surface area contributed by atoms with Crippen molar-refractivity contribution in [2.24, 2.45) is 0 Å². The van der Waals surface area contributed by atoms with Crippen LogP contribution >= 0.6 is 11.6 Å². The lowest BCUT2D eigenvalue weighted by molar-refractivity contribution is 0.0704. The summed E-state index contributed by atoms with van der Waals surface area (Å²) in [5.41, 5.74) is 1.05. The van der Waals surface area contributed by atoms with Crippen molar-refractivity contribution in [1.82, 2.24) is 20.3 Å². The van der Waals surface area contributed by atoms with Crippen LogP contribution in [0.5, 0.6) is 0 Å². The number of hydrogen-bond acceptors (Lipinski definition) is 6. The molecular weight excluding hydrogens is 332 g/mol. The minimum atomic E-state index is -0.197. The molecule has 0 radical (unpaired) electrons. The van der Waals surface area contributed by atoms with Gasteiger partial charge >= 0.3 is 0 Å². The van der Waals surface area contributed by atoms with Crippen molar-refractivity contribution in [1.29, 1.82) is 0 Å². The van der Waals surface area contributed by atoms with Crippen LogP contribution in [0.2, 0.25) is 5.02 Å². The third-order valence-corrected chi connectivity index (χ3v) is 4.02. The van der Waals surface area contributed by atoms with Crippen LogP contribution in [-0.4, -0.2) is 32.2 Å². The zero-order valence-electron chi connectivity index (χ0n) is 12.6. The van der Waals surface area contributed by atoms with Crippen molar-refractivity contribution in [3.8, 4) is 11.5 Å². The second kappa shape index (κ2) is 6.09. The first-order valence-corrected chi connectivity index (χ1v) is 7.88. The van der Waals surface area contributed by atoms with E-state index >= 15 is 0 Å². The van der Waals surface area contributed by atoms with Gasteiger partial charge < -0.3 is 13.8 Å². The van der Waals surface area contributed by atoms with Crippen molar-refractivity contribution in [3.05, 3.63) is 53.2 Å². The molecule has 0 aliphatic heterocycles. The first-order chi connectivity index (χ1) is 11.7. The number of aromatic nitrogens is 3. The highest BCUT2D eigenvalue weighted by atomic mass is 35.5. The molecule has 0 saturated heterocycles. The van der Waals surface area contributed by atoms with E-state index in [9.17, 15) is 4.79 Å². The third kappa shape index (κ3) is 3.03. The Labute approximate surface area is 142 Å². The maximum absolute atomic E-state index is 12.5. The molecule has 3 aromatic rings. The monoisotopic (exact) mass is 344 g/mol. The first-order valence-electron chi connectivity index (χ1n) is 7.50. The Balaban J connectivity index is 1.53. The van der Waals surface area contributed by atoms with E-state index in [4.69, 9.17) is 20.5 Å². The molecule has 1 aliphatic carbocycles. The zero-order valence-corrected chi connectivity index (χ0v) is 13.3. The molecule has 8 heteroatoms. The molecule has 4 rings (SSSR count). The Hall–Kier alpha value is -2.67. The minimum Gasteiger partial charge on any atom is -0.419 e. The number of rotatable bonds is 5. The molecule has 2 aromatic heterocycles. The molecule has 0 N–H and O–H groups in total. The fraction of sp³-hybridized carbons (Fsp3) is 0.250. The van der Waals surface area contributed by atoms with E-state index in [1.165, 1.54) is 6.26 Å². The lowest BCUT2D eigenvalue weighted by atomic mass is 10.2. The Kier molecular flexibility index (Phi) is 3.78. The Morgan fingerprint density at radius 3 is 2.67 bits per heavy atom. The lowest BCUT2D eigenvalue weighted by Gasteiger charge is -2.18. The molecule has 1 amide bonds. The summed E-state index contributed by atoms with van der Waals surface area (Å²) >= 11 is 5.87. The normalized spacial score (nSPS) is 13.9. The molecule has 0 spiro atoms. The molecule has 2 heterocycles. The maximum Gasteiger partial charge on any atom is 0.276 e. The van der Waals surface area contributed by atoms with E-state index in [1.807, 2.05) is 0 Å². The third-order valence-electron chi connectivity index (χ3n) is 3.77. The molecule has 24 heavy (non-hydrogen) atoms. The fourth-order valence-electron chi connectivity index (χ4n) is 2.40. The van der Waals surface area contributed by atoms with Crippen LogP contribution in [0, 0.1) is 0 Å². The highest BCUT2D eigenvalue weighted by Crippen LogP contribution is 2.30. The first kappa shape index (κ1) is 14.9. The maximum atomic E-state index is 12.5. The largest absolute Gasteiger partial charge is 0.419 e. The van der Waals surface area contributed by atoms with E-state index in [1.54, 1.807) is 35.2 Å². The Bertz CT molecular complexity index is 841. The van der Waals surface area contributed by atoms with Gasteiger partial charge in [0.25, 0.3) is 5.91 Å². The Morgan fingerprint density at radius 1 is 1.21 bits per heavy atom. The molecule has 1 aromatic carbocycles. The smallest absolute Gasteiger partial charge is 0.276 e. The molecule has 122 valence electrons. The second-order valence-corrected chi connectivity index (χ2v) is 5.99. The van der Waals surface area contributed by atoms with Crippen LogP contribution in [0.25, 0.3) is 11.5 Å². The van der Waals surface area contributed by atoms with Gasteiger partial charge in [-0.25, -0.2) is 0 Å². The van der Waals surface area contributed by atoms with Crippen LogP contribution in [0.3, 0.4) is 0 Å². The molecule has 0 atom stereocenters. The van der Waals surface area contributed by atoms with Gasteiger partial charge in [-0.3, -0.25) is 4.79 Å². The van der Waals surface area contributed by atoms with E-state index in [0.29, 0.717) is 16.8 Å². The van der Waals surface area contributed by atoms with Gasteiger partial charge in [0, 0.05) is 22.7 Å². The van der Waals surface area contributed by atoms with Crippen molar-refractivity contribution in [3.63, 3.8) is 0 Å². The van der Waals surface area contributed by atoms with Crippen LogP contribution in [0.15, 0.2) is 45.5 Å². The zero-order chi connectivity index (χ0) is 16.5. The summed E-state index contributed by atoms with van der Waals surface area (Å²) < 4.78 is 10.4. The van der Waals surface area contributed by atoms with Gasteiger partial charge in [0.05, 0.1) is 6.54 Å². The highest BCUT2D eigenvalue weighted by Gasteiger charge is 2.35. The second-order valence-electron chi connectivity index (χ2n) is 5.56. The average molecular weight is 345 g/mol. The molecule has 1 fully saturated rings. The molecule has 7 nitrogen and oxygen atoms in total. The summed E-state index contributed by atoms with van der Waals surface area (Å²) in [4.78, 5) is 14.2. The summed E-state index contributed by atoms with van der Waals surface area (Å²) in [5.74, 6) is 0.576. The van der Waals surface area contributed by atoms with Crippen molar-refractivity contribution in [2.75, 3.05) is 0 Å². The van der Waals surface area contributed by atoms with E-state index in [-0.39, 0.29) is 24.2 Å². The van der Waals surface area contributed by atoms with Gasteiger partial charge in [0.15, 0.2) is 5.69 Å². The van der Waals surface area contributed by atoms with E-state index in [2.05, 4.69) is 15.4 Å². The minimum absolute atomic E-state index is 0.181. The summed E-state index contributed by atoms with van der Waals surface area (Å²) in [6.07, 6.45) is 3.30. The summed E-state index contributed by atoms with van der Waals surface area (Å²) in [7, 11) is 0. The molecule has 1 saturated carbocycles. The number of nitrogens with zero attached hydrogens (tertiary/aromatic N) is 4. The van der Waals surface area contributed by atoms with E-state index < -0.39 is 0 Å². The topological polar surface area (TPSA) is 85.3 Å². The van der Waals surface area contributed by atoms with Gasteiger partial charge in [0.1, 0.15) is 6.26 Å². The van der Waals surface area contributed by atoms with Gasteiger partial charge in [0.2, 0.25) is 11.8 Å².